The maximum Gasteiger partial charge on any atom is 0.132 e. The Kier molecular flexibility index (Phi) is 23.0. The number of thioether (sulfide) groups is 3. The normalized spacial score (nSPS) is 26.9. The Bertz CT molecular complexity index is 4090. The molecule has 4 aromatic carbocycles. The molecule has 510 valence electrons. The van der Waals surface area contributed by atoms with E-state index in [4.69, 9.17) is 28.4 Å². The molecule has 3 saturated heterocycles. The van der Waals surface area contributed by atoms with Crippen LogP contribution in [0.3, 0.4) is 0 Å². The van der Waals surface area contributed by atoms with Crippen molar-refractivity contribution in [2.24, 2.45) is 0 Å². The first-order valence-electron chi connectivity index (χ1n) is 32.0. The van der Waals surface area contributed by atoms with E-state index in [2.05, 4.69) is 80.6 Å². The van der Waals surface area contributed by atoms with Gasteiger partial charge in [0, 0.05) is 66.5 Å². The van der Waals surface area contributed by atoms with E-state index in [0.29, 0.717) is 73.6 Å². The highest BCUT2D eigenvalue weighted by molar-refractivity contribution is 8.00. The minimum absolute atomic E-state index is 0.338. The van der Waals surface area contributed by atoms with E-state index in [1.54, 1.807) is 0 Å². The number of aromatic nitrogens is 4. The fourth-order valence-corrected chi connectivity index (χ4v) is 15.6. The van der Waals surface area contributed by atoms with Crippen LogP contribution in [0.5, 0.6) is 17.2 Å². The van der Waals surface area contributed by atoms with Crippen LogP contribution >= 0.6 is 35.3 Å². The minimum atomic E-state index is -1.45. The van der Waals surface area contributed by atoms with E-state index >= 15 is 0 Å². The molecule has 4 aliphatic rings. The first kappa shape index (κ1) is 69.2. The Morgan fingerprint density at radius 3 is 0.844 bits per heavy atom. The number of hydrogen-bond donors (Lipinski definition) is 16. The zero-order valence-corrected chi connectivity index (χ0v) is 54.6. The molecule has 4 aromatic heterocycles. The number of H-pyrrole nitrogens is 4. The monoisotopic (exact) mass is 1370 g/mol. The van der Waals surface area contributed by atoms with Crippen molar-refractivity contribution in [3.63, 3.8) is 0 Å². The number of fused-ring (bicyclic) bond motifs is 8. The molecule has 0 unspecified atom stereocenters. The number of aliphatic hydroxyl groups is 12. The van der Waals surface area contributed by atoms with Crippen molar-refractivity contribution in [2.75, 3.05) is 56.9 Å². The molecule has 16 N–H and O–H groups in total. The summed E-state index contributed by atoms with van der Waals surface area (Å²) >= 11 is 3.84. The van der Waals surface area contributed by atoms with Gasteiger partial charge in [-0.1, -0.05) is 66.7 Å². The van der Waals surface area contributed by atoms with E-state index in [9.17, 15) is 61.3 Å². The van der Waals surface area contributed by atoms with Crippen LogP contribution in [-0.2, 0) is 14.2 Å². The molecule has 8 aromatic rings. The predicted molar refractivity (Wildman–Crippen MR) is 363 cm³/mol. The minimum Gasteiger partial charge on any atom is -0.494 e. The van der Waals surface area contributed by atoms with Gasteiger partial charge >= 0.3 is 0 Å². The second kappa shape index (κ2) is 31.9. The Balaban J connectivity index is 0.860. The maximum atomic E-state index is 10.6. The van der Waals surface area contributed by atoms with Gasteiger partial charge in [-0.15, -0.1) is 35.3 Å². The average molecular weight is 1370 g/mol. The fraction of sp³-hybridized carbons (Fsp3) is 0.380. The topological polar surface area (TPSA) is 361 Å². The van der Waals surface area contributed by atoms with Crippen LogP contribution in [-0.4, -0.2) is 228 Å². The summed E-state index contributed by atoms with van der Waals surface area (Å²) in [5.74, 6) is 3.46. The molecule has 25 heteroatoms. The number of hydrogen-bond acceptors (Lipinski definition) is 21. The molecule has 96 heavy (non-hydrogen) atoms. The first-order chi connectivity index (χ1) is 46.7. The third-order valence-electron chi connectivity index (χ3n) is 17.5. The standard InChI is InChI=1S/C71H80N4O18S3/c76-35-53-60(79)63(82)66(85)69(91-53)94-32-4-29-88-42-15-9-39(10-16-42)57-47-23-21-45(72-47)56(38-7-2-1-3-8-38)46-22-24-48(73-46)58(40-11-17-43(18-12-40)89-30-5-33-95-70-67(86)64(83)61(80)54(36-77)92-70)50-26-28-52(75-50)59(51-27-25-49(57)74-51)41-13-19-44(20-14-41)90-31-6-34-96-71-68(87)65(84)62(81)55(37-78)93-71/h1-3,7-28,53-55,60-87H,4-6,29-37H2/t53-,54-,55-,60-,61-,62+,63+,64+,65+,66+,67+,68+,69-,70-,71-/m1/s1. The molecule has 22 nitrogen and oxygen atoms in total. The summed E-state index contributed by atoms with van der Waals surface area (Å²) in [5, 5.41) is 125. The number of ether oxygens (including phenoxy) is 6. The summed E-state index contributed by atoms with van der Waals surface area (Å²) in [5.41, 5.74) is 8.06. The van der Waals surface area contributed by atoms with Crippen LogP contribution < -0.4 is 35.6 Å². The van der Waals surface area contributed by atoms with Crippen molar-refractivity contribution in [3.8, 4) is 17.2 Å². The van der Waals surface area contributed by atoms with Crippen molar-refractivity contribution in [2.45, 2.75) is 109 Å². The van der Waals surface area contributed by atoms with Gasteiger partial charge in [-0.3, -0.25) is 0 Å². The molecule has 8 heterocycles. The lowest BCUT2D eigenvalue weighted by Crippen LogP contribution is -2.57. The van der Waals surface area contributed by atoms with Gasteiger partial charge in [-0.25, -0.2) is 0 Å². The Morgan fingerprint density at radius 2 is 0.573 bits per heavy atom. The van der Waals surface area contributed by atoms with Gasteiger partial charge in [0.2, 0.25) is 0 Å². The highest BCUT2D eigenvalue weighted by Crippen LogP contribution is 2.34. The van der Waals surface area contributed by atoms with E-state index in [-0.39, 0.29) is 0 Å². The number of rotatable bonds is 25. The molecular weight excluding hydrogens is 1290 g/mol. The van der Waals surface area contributed by atoms with Gasteiger partial charge in [0.05, 0.1) is 39.6 Å². The molecule has 15 atom stereocenters. The average Bonchev–Trinajstić information content (AvgIpc) is 1.62. The van der Waals surface area contributed by atoms with E-state index in [1.807, 2.05) is 91.0 Å². The second-order valence-corrected chi connectivity index (χ2v) is 27.5. The van der Waals surface area contributed by atoms with Gasteiger partial charge in [0.25, 0.3) is 0 Å². The van der Waals surface area contributed by atoms with Gasteiger partial charge in [-0.05, 0) is 144 Å². The van der Waals surface area contributed by atoms with Gasteiger partial charge in [-0.2, -0.15) is 0 Å². The molecule has 0 radical (unpaired) electrons. The van der Waals surface area contributed by atoms with Gasteiger partial charge in [0.15, 0.2) is 0 Å². The molecule has 4 aliphatic heterocycles. The Labute approximate surface area is 565 Å². The first-order valence-corrected chi connectivity index (χ1v) is 35.1. The van der Waals surface area contributed by atoms with E-state index in [1.165, 1.54) is 35.3 Å². The summed E-state index contributed by atoms with van der Waals surface area (Å²) in [6.07, 6.45) is -13.8. The maximum absolute atomic E-state index is 10.6. The van der Waals surface area contributed by atoms with Crippen LogP contribution in [0.2, 0.25) is 0 Å². The number of aliphatic hydroxyl groups excluding tert-OH is 12. The zero-order chi connectivity index (χ0) is 67.0. The van der Waals surface area contributed by atoms with E-state index in [0.717, 1.165) is 88.7 Å². The van der Waals surface area contributed by atoms with Crippen molar-refractivity contribution in [1.82, 2.24) is 19.9 Å². The highest BCUT2D eigenvalue weighted by Gasteiger charge is 2.46. The van der Waals surface area contributed by atoms with Crippen LogP contribution in [0.25, 0.3) is 22.3 Å². The largest absolute Gasteiger partial charge is 0.494 e. The highest BCUT2D eigenvalue weighted by atomic mass is 32.2. The van der Waals surface area contributed by atoms with E-state index < -0.39 is 109 Å². The smallest absolute Gasteiger partial charge is 0.132 e. The third-order valence-corrected chi connectivity index (χ3v) is 21.2. The quantitative estimate of drug-likeness (QED) is 0.0358. The van der Waals surface area contributed by atoms with Gasteiger partial charge in [0.1, 0.15) is 107 Å². The van der Waals surface area contributed by atoms with Crippen LogP contribution in [0.15, 0.2) is 152 Å². The molecule has 8 bridgehead atoms. The Hall–Kier alpha value is -6.67. The Morgan fingerprint density at radius 1 is 0.302 bits per heavy atom. The molecule has 0 saturated carbocycles. The third kappa shape index (κ3) is 15.4. The molecule has 0 aliphatic carbocycles. The van der Waals surface area contributed by atoms with Crippen LogP contribution in [0, 0.1) is 0 Å². The van der Waals surface area contributed by atoms with Crippen LogP contribution in [0.1, 0.15) is 64.3 Å². The van der Waals surface area contributed by atoms with Crippen molar-refractivity contribution >= 4 is 57.6 Å². The number of benzene rings is 4. The summed E-state index contributed by atoms with van der Waals surface area (Å²) in [6.45, 7) is -0.444. The van der Waals surface area contributed by atoms with Crippen molar-refractivity contribution < 1.29 is 89.7 Å². The lowest BCUT2D eigenvalue weighted by molar-refractivity contribution is -0.205. The molecule has 12 rings (SSSR count). The predicted octanol–water partition coefficient (Wildman–Crippen LogP) is 1.21. The molecule has 3 fully saturated rings. The summed E-state index contributed by atoms with van der Waals surface area (Å²) in [7, 11) is 0. The number of nitrogens with one attached hydrogen (secondary N) is 4. The molecule has 0 spiro atoms. The van der Waals surface area contributed by atoms with Crippen molar-refractivity contribution in [1.29, 1.82) is 0 Å². The van der Waals surface area contributed by atoms with Crippen LogP contribution in [0.4, 0.5) is 0 Å². The van der Waals surface area contributed by atoms with Gasteiger partial charge < -0.3 is 110 Å². The SMILES string of the molecule is OC[C@H]1O[C@H](SCCCOc2ccc(C3=c4ccc([nH]4)=C(c4ccc(OCCCS[C@H]5O[C@H](CO)[C@@H](O)[C@H](O)[C@@H]5O)cc4)c4ccc([nH]4)C(c4ccccc4)=c4ccc([nH]4)=C(c4ccc(OCCCS[C@H]5O[C@H](CO)[C@@H](O)[C@H](O)[C@@H]5O)cc4)c4ccc3[nH]4)cc2)[C@@H](O)[C@@H](O)[C@H]1O. The second-order valence-electron chi connectivity index (χ2n) is 23.9. The molecule has 0 amide bonds. The summed E-state index contributed by atoms with van der Waals surface area (Å²) in [6, 6.07) is 50.5. The molecular formula is C71H80N4O18S3. The zero-order valence-electron chi connectivity index (χ0n) is 52.1. The van der Waals surface area contributed by atoms with Crippen molar-refractivity contribution in [3.05, 3.63) is 218 Å². The lowest BCUT2D eigenvalue weighted by Gasteiger charge is -2.39. The summed E-state index contributed by atoms with van der Waals surface area (Å²) in [4.78, 5) is 15.3. The lowest BCUT2D eigenvalue weighted by atomic mass is 10.0. The number of aromatic amines is 4. The summed E-state index contributed by atoms with van der Waals surface area (Å²) < 4.78 is 35.7. The fourth-order valence-electron chi connectivity index (χ4n) is 12.3.